The maximum Gasteiger partial charge on any atom is 0.0489 e. The van der Waals surface area contributed by atoms with Gasteiger partial charge in [-0.15, -0.1) is 0 Å². The smallest absolute Gasteiger partial charge is 0.0489 e. The molecular formula is C18H21N3. The molecule has 2 aromatic heterocycles. The molecule has 0 saturated carbocycles. The fourth-order valence-electron chi connectivity index (χ4n) is 2.95. The molecule has 0 bridgehead atoms. The summed E-state index contributed by atoms with van der Waals surface area (Å²) in [5.74, 6) is 0. The summed E-state index contributed by atoms with van der Waals surface area (Å²) >= 11 is 0. The van der Waals surface area contributed by atoms with Gasteiger partial charge in [-0.05, 0) is 44.8 Å². The predicted molar refractivity (Wildman–Crippen MR) is 88.4 cm³/mol. The Kier molecular flexibility index (Phi) is 3.76. The Morgan fingerprint density at radius 2 is 1.81 bits per heavy atom. The van der Waals surface area contributed by atoms with Crippen LogP contribution >= 0.6 is 0 Å². The monoisotopic (exact) mass is 279 g/mol. The summed E-state index contributed by atoms with van der Waals surface area (Å²) in [6, 6.07) is 13.2. The second-order valence-corrected chi connectivity index (χ2v) is 5.81. The zero-order valence-corrected chi connectivity index (χ0v) is 12.8. The van der Waals surface area contributed by atoms with Crippen molar-refractivity contribution in [2.24, 2.45) is 0 Å². The van der Waals surface area contributed by atoms with E-state index in [-0.39, 0.29) is 0 Å². The SMILES string of the molecule is CC(CN(C)C)n1cc(-c2ccncc2)c2ccccc21. The van der Waals surface area contributed by atoms with E-state index in [4.69, 9.17) is 0 Å². The van der Waals surface area contributed by atoms with Crippen LogP contribution in [0.25, 0.3) is 22.0 Å². The number of fused-ring (bicyclic) bond motifs is 1. The number of pyridine rings is 1. The minimum absolute atomic E-state index is 0.431. The molecule has 3 nitrogen and oxygen atoms in total. The lowest BCUT2D eigenvalue weighted by Gasteiger charge is -2.19. The van der Waals surface area contributed by atoms with Crippen LogP contribution in [-0.2, 0) is 0 Å². The number of rotatable bonds is 4. The molecule has 1 unspecified atom stereocenters. The van der Waals surface area contributed by atoms with Crippen molar-refractivity contribution in [3.8, 4) is 11.1 Å². The van der Waals surface area contributed by atoms with E-state index in [1.807, 2.05) is 12.4 Å². The minimum atomic E-state index is 0.431. The molecule has 0 aliphatic carbocycles. The number of para-hydroxylation sites is 1. The quantitative estimate of drug-likeness (QED) is 0.724. The molecule has 2 heterocycles. The van der Waals surface area contributed by atoms with Gasteiger partial charge in [-0.2, -0.15) is 0 Å². The number of benzene rings is 1. The van der Waals surface area contributed by atoms with Crippen molar-refractivity contribution in [1.29, 1.82) is 0 Å². The molecule has 3 heteroatoms. The topological polar surface area (TPSA) is 21.1 Å². The van der Waals surface area contributed by atoms with Gasteiger partial charge in [0.25, 0.3) is 0 Å². The zero-order chi connectivity index (χ0) is 14.8. The van der Waals surface area contributed by atoms with Crippen LogP contribution in [0.2, 0.25) is 0 Å². The van der Waals surface area contributed by atoms with Crippen LogP contribution in [0.3, 0.4) is 0 Å². The van der Waals surface area contributed by atoms with Crippen LogP contribution in [0.4, 0.5) is 0 Å². The van der Waals surface area contributed by atoms with Crippen molar-refractivity contribution >= 4 is 10.9 Å². The molecule has 0 radical (unpaired) electrons. The largest absolute Gasteiger partial charge is 0.343 e. The number of nitrogens with zero attached hydrogens (tertiary/aromatic N) is 3. The molecule has 1 aromatic carbocycles. The first-order valence-corrected chi connectivity index (χ1v) is 7.31. The first-order valence-electron chi connectivity index (χ1n) is 7.31. The third-order valence-electron chi connectivity index (χ3n) is 3.84. The Morgan fingerprint density at radius 1 is 1.10 bits per heavy atom. The number of hydrogen-bond acceptors (Lipinski definition) is 2. The Balaban J connectivity index is 2.15. The van der Waals surface area contributed by atoms with Crippen molar-refractivity contribution in [3.05, 3.63) is 55.0 Å². The maximum absolute atomic E-state index is 4.12. The van der Waals surface area contributed by atoms with E-state index in [1.54, 1.807) is 0 Å². The average Bonchev–Trinajstić information content (AvgIpc) is 2.87. The number of aromatic nitrogens is 2. The van der Waals surface area contributed by atoms with Crippen LogP contribution < -0.4 is 0 Å². The van der Waals surface area contributed by atoms with E-state index in [2.05, 4.69) is 78.1 Å². The van der Waals surface area contributed by atoms with E-state index in [1.165, 1.54) is 22.0 Å². The molecule has 0 spiro atoms. The van der Waals surface area contributed by atoms with Crippen molar-refractivity contribution in [2.75, 3.05) is 20.6 Å². The Labute approximate surface area is 125 Å². The summed E-state index contributed by atoms with van der Waals surface area (Å²) in [6.45, 7) is 3.29. The van der Waals surface area contributed by atoms with Gasteiger partial charge in [0, 0.05) is 47.6 Å². The molecule has 3 rings (SSSR count). The highest BCUT2D eigenvalue weighted by atomic mass is 15.1. The molecule has 0 N–H and O–H groups in total. The summed E-state index contributed by atoms with van der Waals surface area (Å²) in [5.41, 5.74) is 3.79. The summed E-state index contributed by atoms with van der Waals surface area (Å²) in [5, 5.41) is 1.30. The molecule has 21 heavy (non-hydrogen) atoms. The van der Waals surface area contributed by atoms with Crippen molar-refractivity contribution in [1.82, 2.24) is 14.5 Å². The Morgan fingerprint density at radius 3 is 2.52 bits per heavy atom. The highest BCUT2D eigenvalue weighted by molar-refractivity contribution is 5.96. The number of hydrogen-bond donors (Lipinski definition) is 0. The second kappa shape index (κ2) is 5.70. The minimum Gasteiger partial charge on any atom is -0.343 e. The normalized spacial score (nSPS) is 13.0. The van der Waals surface area contributed by atoms with Crippen LogP contribution in [0.5, 0.6) is 0 Å². The van der Waals surface area contributed by atoms with Crippen LogP contribution in [-0.4, -0.2) is 35.1 Å². The van der Waals surface area contributed by atoms with E-state index in [0.29, 0.717) is 6.04 Å². The van der Waals surface area contributed by atoms with Crippen molar-refractivity contribution in [3.63, 3.8) is 0 Å². The highest BCUT2D eigenvalue weighted by Crippen LogP contribution is 2.32. The van der Waals surface area contributed by atoms with Gasteiger partial charge in [0.05, 0.1) is 0 Å². The van der Waals surface area contributed by atoms with E-state index >= 15 is 0 Å². The number of likely N-dealkylation sites (N-methyl/N-ethyl adjacent to an activating group) is 1. The third kappa shape index (κ3) is 2.69. The second-order valence-electron chi connectivity index (χ2n) is 5.81. The average molecular weight is 279 g/mol. The molecule has 108 valence electrons. The molecule has 0 aliphatic rings. The van der Waals surface area contributed by atoms with Gasteiger partial charge in [-0.25, -0.2) is 0 Å². The Bertz CT molecular complexity index is 729. The molecule has 3 aromatic rings. The van der Waals surface area contributed by atoms with E-state index in [0.717, 1.165) is 6.54 Å². The lowest BCUT2D eigenvalue weighted by molar-refractivity contribution is 0.341. The first-order chi connectivity index (χ1) is 10.2. The zero-order valence-electron chi connectivity index (χ0n) is 12.8. The summed E-state index contributed by atoms with van der Waals surface area (Å²) in [4.78, 5) is 6.35. The third-order valence-corrected chi connectivity index (χ3v) is 3.84. The molecule has 0 aliphatic heterocycles. The standard InChI is InChI=1S/C18H21N3/c1-14(12-20(2)3)21-13-17(15-8-10-19-11-9-15)16-6-4-5-7-18(16)21/h4-11,13-14H,12H2,1-3H3. The molecule has 1 atom stereocenters. The van der Waals surface area contributed by atoms with Gasteiger partial charge in [0.1, 0.15) is 0 Å². The summed E-state index contributed by atoms with van der Waals surface area (Å²) in [6.07, 6.45) is 5.98. The van der Waals surface area contributed by atoms with Crippen molar-refractivity contribution in [2.45, 2.75) is 13.0 Å². The highest BCUT2D eigenvalue weighted by Gasteiger charge is 2.14. The van der Waals surface area contributed by atoms with E-state index < -0.39 is 0 Å². The molecule has 0 fully saturated rings. The fraction of sp³-hybridized carbons (Fsp3) is 0.278. The molecule has 0 saturated heterocycles. The van der Waals surface area contributed by atoms with Crippen LogP contribution in [0, 0.1) is 0 Å². The maximum atomic E-state index is 4.12. The van der Waals surface area contributed by atoms with Crippen LogP contribution in [0.15, 0.2) is 55.0 Å². The summed E-state index contributed by atoms with van der Waals surface area (Å²) in [7, 11) is 4.23. The Hall–Kier alpha value is -2.13. The van der Waals surface area contributed by atoms with E-state index in [9.17, 15) is 0 Å². The lowest BCUT2D eigenvalue weighted by atomic mass is 10.1. The predicted octanol–water partition coefficient (Wildman–Crippen LogP) is 3.83. The summed E-state index contributed by atoms with van der Waals surface area (Å²) < 4.78 is 2.38. The molecular weight excluding hydrogens is 258 g/mol. The lowest BCUT2D eigenvalue weighted by Crippen LogP contribution is -2.21. The molecule has 0 amide bonds. The van der Waals surface area contributed by atoms with Crippen LogP contribution in [0.1, 0.15) is 13.0 Å². The van der Waals surface area contributed by atoms with Gasteiger partial charge >= 0.3 is 0 Å². The van der Waals surface area contributed by atoms with Gasteiger partial charge in [0.15, 0.2) is 0 Å². The fourth-order valence-corrected chi connectivity index (χ4v) is 2.95. The van der Waals surface area contributed by atoms with Gasteiger partial charge in [-0.3, -0.25) is 4.98 Å². The van der Waals surface area contributed by atoms with Crippen molar-refractivity contribution < 1.29 is 0 Å². The van der Waals surface area contributed by atoms with Gasteiger partial charge in [-0.1, -0.05) is 18.2 Å². The van der Waals surface area contributed by atoms with Gasteiger partial charge in [0.2, 0.25) is 0 Å². The van der Waals surface area contributed by atoms with Gasteiger partial charge < -0.3 is 9.47 Å². The first kappa shape index (κ1) is 13.8.